The zero-order chi connectivity index (χ0) is 14.5. The van der Waals surface area contributed by atoms with Crippen LogP contribution in [-0.2, 0) is 4.79 Å². The topological polar surface area (TPSA) is 61.1 Å². The van der Waals surface area contributed by atoms with Gasteiger partial charge in [0.1, 0.15) is 0 Å². The largest absolute Gasteiger partial charge is 0.478 e. The van der Waals surface area contributed by atoms with Gasteiger partial charge >= 0.3 is 5.97 Å². The second-order valence-corrected chi connectivity index (χ2v) is 3.52. The summed E-state index contributed by atoms with van der Waals surface area (Å²) in [5, 5.41) is 16.3. The highest BCUT2D eigenvalue weighted by Crippen LogP contribution is 2.00. The number of rotatable bonds is 4. The third-order valence-electron chi connectivity index (χ3n) is 2.10. The molecule has 0 unspecified atom stereocenters. The van der Waals surface area contributed by atoms with Crippen LogP contribution < -0.4 is 0 Å². The number of hydrogen-bond donors (Lipinski definition) is 1. The maximum Gasteiger partial charge on any atom is 0.330 e. The number of nitriles is 1. The Morgan fingerprint density at radius 2 is 2.00 bits per heavy atom. The molecule has 1 N–H and O–H groups in total. The van der Waals surface area contributed by atoms with Gasteiger partial charge in [-0.3, -0.25) is 0 Å². The summed E-state index contributed by atoms with van der Waals surface area (Å²) in [6.07, 6.45) is 7.48. The molecule has 19 heavy (non-hydrogen) atoms. The first-order valence-corrected chi connectivity index (χ1v) is 5.80. The van der Waals surface area contributed by atoms with Gasteiger partial charge in [0.25, 0.3) is 0 Å². The molecule has 0 aromatic heterocycles. The summed E-state index contributed by atoms with van der Waals surface area (Å²) in [6.45, 7) is 5.03. The Kier molecular flexibility index (Phi) is 9.10. The molecule has 0 saturated heterocycles. The zero-order valence-electron chi connectivity index (χ0n) is 10.9. The molecule has 3 nitrogen and oxygen atoms in total. The minimum atomic E-state index is -0.900. The number of carbonyl (C=O) groups is 1. The van der Waals surface area contributed by atoms with Crippen LogP contribution in [0.5, 0.6) is 0 Å². The normalized spacial score (nSPS) is 9.68. The smallest absolute Gasteiger partial charge is 0.330 e. The molecule has 0 amide bonds. The highest BCUT2D eigenvalue weighted by Gasteiger charge is 1.96. The summed E-state index contributed by atoms with van der Waals surface area (Å²) in [5.74, 6) is -0.900. The van der Waals surface area contributed by atoms with E-state index in [2.05, 4.69) is 6.58 Å². The van der Waals surface area contributed by atoms with E-state index in [-0.39, 0.29) is 5.57 Å². The van der Waals surface area contributed by atoms with Crippen LogP contribution in [0.1, 0.15) is 18.9 Å². The van der Waals surface area contributed by atoms with Crippen molar-refractivity contribution in [1.82, 2.24) is 0 Å². The molecule has 0 aliphatic heterocycles. The lowest BCUT2D eigenvalue weighted by Crippen LogP contribution is -1.95. The van der Waals surface area contributed by atoms with Crippen molar-refractivity contribution in [3.8, 4) is 6.07 Å². The number of hydrogen-bond acceptors (Lipinski definition) is 2. The number of nitrogens with zero attached hydrogens (tertiary/aromatic N) is 1. The zero-order valence-corrected chi connectivity index (χ0v) is 10.9. The molecule has 0 fully saturated rings. The lowest BCUT2D eigenvalue weighted by molar-refractivity contribution is -0.132. The van der Waals surface area contributed by atoms with Gasteiger partial charge in [-0.1, -0.05) is 62.1 Å². The summed E-state index contributed by atoms with van der Waals surface area (Å²) in [5.41, 5.74) is 1.40. The van der Waals surface area contributed by atoms with Crippen LogP contribution in [0.4, 0.5) is 0 Å². The standard InChI is InChI=1S/C11H9N.C5H8O2/c12-10-6-2-5-9-11-7-3-1-4-8-11;1-3-4(2)5(6)7/h1-9H;2-3H2,1H3,(H,6,7). The average Bonchev–Trinajstić information content (AvgIpc) is 2.44. The first kappa shape index (κ1) is 16.4. The van der Waals surface area contributed by atoms with Crippen LogP contribution in [0.15, 0.2) is 60.7 Å². The van der Waals surface area contributed by atoms with E-state index in [1.54, 1.807) is 13.0 Å². The maximum atomic E-state index is 9.83. The summed E-state index contributed by atoms with van der Waals surface area (Å²) < 4.78 is 0. The molecule has 0 heterocycles. The van der Waals surface area contributed by atoms with Crippen molar-refractivity contribution < 1.29 is 9.90 Å². The molecule has 0 aliphatic carbocycles. The molecule has 1 aromatic carbocycles. The van der Waals surface area contributed by atoms with Crippen LogP contribution >= 0.6 is 0 Å². The minimum Gasteiger partial charge on any atom is -0.478 e. The number of allylic oxidation sites excluding steroid dienone is 3. The molecule has 0 radical (unpaired) electrons. The van der Waals surface area contributed by atoms with Crippen molar-refractivity contribution in [3.63, 3.8) is 0 Å². The highest BCUT2D eigenvalue weighted by molar-refractivity contribution is 5.85. The SMILES string of the molecule is C=C(CC)C(=O)O.N#CC=CC=Cc1ccccc1. The summed E-state index contributed by atoms with van der Waals surface area (Å²) in [7, 11) is 0. The summed E-state index contributed by atoms with van der Waals surface area (Å²) in [4.78, 5) is 9.83. The van der Waals surface area contributed by atoms with Crippen LogP contribution in [0, 0.1) is 11.3 Å². The highest BCUT2D eigenvalue weighted by atomic mass is 16.4. The van der Waals surface area contributed by atoms with Crippen molar-refractivity contribution in [3.05, 3.63) is 66.3 Å². The van der Waals surface area contributed by atoms with Crippen molar-refractivity contribution in [2.75, 3.05) is 0 Å². The fourth-order valence-corrected chi connectivity index (χ4v) is 0.981. The van der Waals surface area contributed by atoms with Crippen molar-refractivity contribution >= 4 is 12.0 Å². The van der Waals surface area contributed by atoms with Gasteiger partial charge in [0.2, 0.25) is 0 Å². The van der Waals surface area contributed by atoms with Crippen molar-refractivity contribution in [2.24, 2.45) is 0 Å². The molecular formula is C16H17NO2. The van der Waals surface area contributed by atoms with Gasteiger partial charge in [-0.15, -0.1) is 0 Å². The van der Waals surface area contributed by atoms with Gasteiger partial charge in [0.15, 0.2) is 0 Å². The van der Waals surface area contributed by atoms with E-state index in [0.29, 0.717) is 6.42 Å². The molecule has 3 heteroatoms. The minimum absolute atomic E-state index is 0.264. The Balaban J connectivity index is 0.000000399. The second kappa shape index (κ2) is 10.5. The Morgan fingerprint density at radius 1 is 1.37 bits per heavy atom. The molecule has 1 aromatic rings. The van der Waals surface area contributed by atoms with E-state index in [1.165, 1.54) is 6.08 Å². The van der Waals surface area contributed by atoms with Gasteiger partial charge in [-0.25, -0.2) is 4.79 Å². The van der Waals surface area contributed by atoms with E-state index in [4.69, 9.17) is 10.4 Å². The molecule has 0 aliphatic rings. The molecule has 98 valence electrons. The summed E-state index contributed by atoms with van der Waals surface area (Å²) in [6, 6.07) is 11.9. The maximum absolute atomic E-state index is 9.83. The molecule has 1 rings (SSSR count). The molecule has 0 bridgehead atoms. The first-order valence-electron chi connectivity index (χ1n) is 5.80. The molecular weight excluding hydrogens is 238 g/mol. The Morgan fingerprint density at radius 3 is 2.42 bits per heavy atom. The lowest BCUT2D eigenvalue weighted by Gasteiger charge is -1.87. The van der Waals surface area contributed by atoms with Gasteiger partial charge in [-0.05, 0) is 12.0 Å². The van der Waals surface area contributed by atoms with Crippen LogP contribution in [0.25, 0.3) is 6.08 Å². The van der Waals surface area contributed by atoms with E-state index >= 15 is 0 Å². The van der Waals surface area contributed by atoms with Crippen molar-refractivity contribution in [2.45, 2.75) is 13.3 Å². The third kappa shape index (κ3) is 9.13. The van der Waals surface area contributed by atoms with Crippen molar-refractivity contribution in [1.29, 1.82) is 5.26 Å². The van der Waals surface area contributed by atoms with E-state index in [0.717, 1.165) is 5.56 Å². The number of carboxylic acids is 1. The van der Waals surface area contributed by atoms with Gasteiger partial charge in [-0.2, -0.15) is 5.26 Å². The molecule has 0 atom stereocenters. The van der Waals surface area contributed by atoms with E-state index in [9.17, 15) is 4.79 Å². The monoisotopic (exact) mass is 255 g/mol. The number of benzene rings is 1. The lowest BCUT2D eigenvalue weighted by atomic mass is 10.2. The Hall–Kier alpha value is -2.60. The predicted octanol–water partition coefficient (Wildman–Crippen LogP) is 3.82. The van der Waals surface area contributed by atoms with Crippen LogP contribution in [0.2, 0.25) is 0 Å². The summed E-state index contributed by atoms with van der Waals surface area (Å²) >= 11 is 0. The van der Waals surface area contributed by atoms with Gasteiger partial charge < -0.3 is 5.11 Å². The fourth-order valence-electron chi connectivity index (χ4n) is 0.981. The Bertz CT molecular complexity index is 493. The Labute approximate surface area is 113 Å². The van der Waals surface area contributed by atoms with Crippen LogP contribution in [-0.4, -0.2) is 11.1 Å². The van der Waals surface area contributed by atoms with E-state index in [1.807, 2.05) is 48.6 Å². The van der Waals surface area contributed by atoms with Crippen LogP contribution in [0.3, 0.4) is 0 Å². The number of carboxylic acid groups (broad SMARTS) is 1. The molecule has 0 saturated carbocycles. The van der Waals surface area contributed by atoms with E-state index < -0.39 is 5.97 Å². The third-order valence-corrected chi connectivity index (χ3v) is 2.10. The quantitative estimate of drug-likeness (QED) is 0.505. The predicted molar refractivity (Wildman–Crippen MR) is 77.3 cm³/mol. The average molecular weight is 255 g/mol. The first-order chi connectivity index (χ1) is 9.11. The fraction of sp³-hybridized carbons (Fsp3) is 0.125. The number of aliphatic carboxylic acids is 1. The second-order valence-electron chi connectivity index (χ2n) is 3.52. The van der Waals surface area contributed by atoms with Gasteiger partial charge in [0, 0.05) is 11.6 Å². The molecule has 0 spiro atoms. The van der Waals surface area contributed by atoms with Gasteiger partial charge in [0.05, 0.1) is 6.07 Å².